The van der Waals surface area contributed by atoms with Crippen LogP contribution in [0.25, 0.3) is 0 Å². The van der Waals surface area contributed by atoms with E-state index in [1.807, 2.05) is 0 Å². The molecule has 1 aromatic rings. The Kier molecular flexibility index (Phi) is 7.80. The Hall–Kier alpha value is -1.99. The van der Waals surface area contributed by atoms with Gasteiger partial charge in [-0.15, -0.1) is 0 Å². The first-order chi connectivity index (χ1) is 13.6. The van der Waals surface area contributed by atoms with Crippen LogP contribution in [-0.4, -0.2) is 57.6 Å². The van der Waals surface area contributed by atoms with Gasteiger partial charge in [-0.3, -0.25) is 9.59 Å². The fraction of sp³-hybridized carbons (Fsp3) is 0.619. The van der Waals surface area contributed by atoms with Crippen molar-refractivity contribution in [2.75, 3.05) is 51.1 Å². The molecule has 3 rings (SSSR count). The Labute approximate surface area is 166 Å². The number of rotatable bonds is 7. The zero-order chi connectivity index (χ0) is 19.8. The van der Waals surface area contributed by atoms with Gasteiger partial charge in [0, 0.05) is 12.2 Å². The topological polar surface area (TPSA) is 67.1 Å². The highest BCUT2D eigenvalue weighted by atomic mass is 19.1. The molecule has 28 heavy (non-hydrogen) atoms. The van der Waals surface area contributed by atoms with Gasteiger partial charge >= 0.3 is 0 Å². The van der Waals surface area contributed by atoms with Gasteiger partial charge in [0.05, 0.1) is 0 Å². The van der Waals surface area contributed by atoms with E-state index in [1.165, 1.54) is 54.0 Å². The van der Waals surface area contributed by atoms with Crippen LogP contribution in [0.15, 0.2) is 24.3 Å². The average molecular weight is 393 g/mol. The normalized spacial score (nSPS) is 23.2. The number of halogens is 1. The van der Waals surface area contributed by atoms with Crippen molar-refractivity contribution < 1.29 is 23.8 Å². The highest BCUT2D eigenvalue weighted by molar-refractivity contribution is 5.91. The lowest BCUT2D eigenvalue weighted by atomic mass is 9.89. The second-order valence-electron chi connectivity index (χ2n) is 8.22. The molecule has 0 unspecified atom stereocenters. The number of hydrogen-bond donors (Lipinski definition) is 4. The minimum absolute atomic E-state index is 0.103. The molecule has 2 fully saturated rings. The van der Waals surface area contributed by atoms with Gasteiger partial charge in [-0.25, -0.2) is 4.39 Å². The highest BCUT2D eigenvalue weighted by Crippen LogP contribution is 2.22. The lowest BCUT2D eigenvalue weighted by molar-refractivity contribution is -1.00. The summed E-state index contributed by atoms with van der Waals surface area (Å²) in [5.74, 6) is 0.344. The summed E-state index contributed by atoms with van der Waals surface area (Å²) in [6.07, 6.45) is 6.41. The second kappa shape index (κ2) is 10.5. The summed E-state index contributed by atoms with van der Waals surface area (Å²) >= 11 is 0. The number of piperazine rings is 1. The Morgan fingerprint density at radius 2 is 1.61 bits per heavy atom. The van der Waals surface area contributed by atoms with Gasteiger partial charge in [0.25, 0.3) is 11.8 Å². The third-order valence-corrected chi connectivity index (χ3v) is 5.91. The number of carbonyl (C=O) groups excluding carboxylic acids is 2. The number of quaternary nitrogens is 2. The second-order valence-corrected chi connectivity index (χ2v) is 8.22. The number of hydrogen-bond acceptors (Lipinski definition) is 2. The summed E-state index contributed by atoms with van der Waals surface area (Å²) in [7, 11) is 0. The van der Waals surface area contributed by atoms with Gasteiger partial charge < -0.3 is 20.4 Å². The molecule has 1 aromatic carbocycles. The smallest absolute Gasteiger partial charge is 0.279 e. The average Bonchev–Trinajstić information content (AvgIpc) is 2.69. The third-order valence-electron chi connectivity index (χ3n) is 5.91. The van der Waals surface area contributed by atoms with Crippen molar-refractivity contribution in [2.24, 2.45) is 5.92 Å². The molecule has 154 valence electrons. The first-order valence-corrected chi connectivity index (χ1v) is 10.6. The fourth-order valence-corrected chi connectivity index (χ4v) is 4.25. The van der Waals surface area contributed by atoms with Crippen LogP contribution < -0.4 is 20.4 Å². The lowest BCUT2D eigenvalue weighted by Crippen LogP contribution is -3.28. The summed E-state index contributed by atoms with van der Waals surface area (Å²) in [6.45, 7) is 5.22. The molecule has 1 saturated carbocycles. The van der Waals surface area contributed by atoms with Gasteiger partial charge in [-0.1, -0.05) is 25.3 Å². The number of amides is 2. The summed E-state index contributed by atoms with van der Waals surface area (Å²) in [6, 6.07) is 5.94. The molecule has 4 N–H and O–H groups in total. The van der Waals surface area contributed by atoms with Crippen LogP contribution in [0.3, 0.4) is 0 Å². The summed E-state index contributed by atoms with van der Waals surface area (Å²) < 4.78 is 13.2. The van der Waals surface area contributed by atoms with Crippen LogP contribution in [0.2, 0.25) is 0 Å². The van der Waals surface area contributed by atoms with E-state index in [0.29, 0.717) is 24.7 Å². The van der Waals surface area contributed by atoms with Gasteiger partial charge in [0.2, 0.25) is 0 Å². The first-order valence-electron chi connectivity index (χ1n) is 10.6. The fourth-order valence-electron chi connectivity index (χ4n) is 4.25. The van der Waals surface area contributed by atoms with Gasteiger partial charge in [-0.05, 0) is 37.0 Å². The van der Waals surface area contributed by atoms with Crippen LogP contribution in [0, 0.1) is 11.7 Å². The van der Waals surface area contributed by atoms with Crippen LogP contribution in [-0.2, 0) is 9.59 Å². The molecule has 2 aliphatic rings. The Morgan fingerprint density at radius 1 is 0.964 bits per heavy atom. The zero-order valence-electron chi connectivity index (χ0n) is 16.6. The lowest BCUT2D eigenvalue weighted by Gasteiger charge is -2.29. The van der Waals surface area contributed by atoms with Crippen molar-refractivity contribution in [3.63, 3.8) is 0 Å². The SMILES string of the molecule is O=C(C[NH+]1CC[NH+](CC(=O)Nc2cccc(F)c2)CC1)NCC1CCCCC1. The van der Waals surface area contributed by atoms with E-state index >= 15 is 0 Å². The van der Waals surface area contributed by atoms with Gasteiger partial charge in [-0.2, -0.15) is 0 Å². The predicted octanol–water partition coefficient (Wildman–Crippen LogP) is -0.756. The standard InChI is InChI=1S/C21H31FN4O2/c22-18-7-4-8-19(13-18)24-21(28)16-26-11-9-25(10-12-26)15-20(27)23-14-17-5-2-1-3-6-17/h4,7-8,13,17H,1-3,5-6,9-12,14-16H2,(H,23,27)(H,24,28)/p+2. The molecule has 0 bridgehead atoms. The molecule has 1 aliphatic carbocycles. The summed E-state index contributed by atoms with van der Waals surface area (Å²) in [4.78, 5) is 26.9. The number of carbonyl (C=O) groups is 2. The molecule has 1 heterocycles. The molecule has 7 heteroatoms. The monoisotopic (exact) mass is 392 g/mol. The molecule has 2 amide bonds. The van der Waals surface area contributed by atoms with Crippen molar-refractivity contribution in [2.45, 2.75) is 32.1 Å². The van der Waals surface area contributed by atoms with E-state index in [4.69, 9.17) is 0 Å². The zero-order valence-corrected chi connectivity index (χ0v) is 16.6. The van der Waals surface area contributed by atoms with Crippen molar-refractivity contribution in [3.8, 4) is 0 Å². The number of nitrogens with one attached hydrogen (secondary N) is 4. The number of anilines is 1. The van der Waals surface area contributed by atoms with Crippen molar-refractivity contribution in [1.29, 1.82) is 0 Å². The summed E-state index contributed by atoms with van der Waals surface area (Å²) in [5.41, 5.74) is 0.489. The van der Waals surface area contributed by atoms with Crippen molar-refractivity contribution in [1.82, 2.24) is 5.32 Å². The minimum atomic E-state index is -0.357. The molecule has 0 aromatic heterocycles. The molecule has 1 saturated heterocycles. The van der Waals surface area contributed by atoms with Crippen molar-refractivity contribution >= 4 is 17.5 Å². The Balaban J connectivity index is 1.31. The maximum atomic E-state index is 13.2. The predicted molar refractivity (Wildman–Crippen MR) is 106 cm³/mol. The Morgan fingerprint density at radius 3 is 2.25 bits per heavy atom. The van der Waals surface area contributed by atoms with E-state index in [2.05, 4.69) is 10.6 Å². The molecule has 1 aliphatic heterocycles. The number of benzene rings is 1. The molecule has 0 spiro atoms. The van der Waals surface area contributed by atoms with E-state index in [-0.39, 0.29) is 17.6 Å². The third kappa shape index (κ3) is 6.87. The minimum Gasteiger partial charge on any atom is -0.351 e. The van der Waals surface area contributed by atoms with E-state index in [1.54, 1.807) is 12.1 Å². The van der Waals surface area contributed by atoms with Gasteiger partial charge in [0.1, 0.15) is 32.0 Å². The largest absolute Gasteiger partial charge is 0.351 e. The van der Waals surface area contributed by atoms with Crippen LogP contribution in [0.1, 0.15) is 32.1 Å². The molecule has 6 nitrogen and oxygen atoms in total. The van der Waals surface area contributed by atoms with E-state index in [0.717, 1.165) is 32.7 Å². The van der Waals surface area contributed by atoms with Crippen LogP contribution >= 0.6 is 0 Å². The molecule has 0 radical (unpaired) electrons. The molecular weight excluding hydrogens is 359 g/mol. The van der Waals surface area contributed by atoms with Crippen molar-refractivity contribution in [3.05, 3.63) is 30.1 Å². The maximum Gasteiger partial charge on any atom is 0.279 e. The Bertz CT molecular complexity index is 656. The molecule has 0 atom stereocenters. The summed E-state index contributed by atoms with van der Waals surface area (Å²) in [5, 5.41) is 5.86. The van der Waals surface area contributed by atoms with Crippen LogP contribution in [0.5, 0.6) is 0 Å². The van der Waals surface area contributed by atoms with Gasteiger partial charge in [0.15, 0.2) is 13.1 Å². The van der Waals surface area contributed by atoms with Crippen LogP contribution in [0.4, 0.5) is 10.1 Å². The molecular formula is C21H33FN4O2+2. The quantitative estimate of drug-likeness (QED) is 0.493. The highest BCUT2D eigenvalue weighted by Gasteiger charge is 2.26. The maximum absolute atomic E-state index is 13.2. The van der Waals surface area contributed by atoms with E-state index in [9.17, 15) is 14.0 Å². The first kappa shape index (κ1) is 20.7. The van der Waals surface area contributed by atoms with E-state index < -0.39 is 0 Å².